The van der Waals surface area contributed by atoms with Crippen LogP contribution in [-0.2, 0) is 4.79 Å². The predicted octanol–water partition coefficient (Wildman–Crippen LogP) is 1.58. The van der Waals surface area contributed by atoms with Crippen molar-refractivity contribution >= 4 is 5.91 Å². The molecular weight excluding hydrogens is 264 g/mol. The second-order valence-corrected chi connectivity index (χ2v) is 6.26. The molecule has 0 saturated carbocycles. The molecule has 0 spiro atoms. The molecular formula is C16H28N4O. The number of carbonyl (C=O) groups excluding carboxylic acids is 1. The molecule has 0 bridgehead atoms. The molecule has 1 aliphatic heterocycles. The van der Waals surface area contributed by atoms with Crippen LogP contribution in [0.2, 0.25) is 0 Å². The van der Waals surface area contributed by atoms with Gasteiger partial charge >= 0.3 is 0 Å². The van der Waals surface area contributed by atoms with Gasteiger partial charge in [0.25, 0.3) is 5.91 Å². The molecule has 1 N–H and O–H groups in total. The summed E-state index contributed by atoms with van der Waals surface area (Å²) in [6, 6.07) is 2.25. The van der Waals surface area contributed by atoms with Gasteiger partial charge in [0.15, 0.2) is 0 Å². The number of carbonyl (C=O) groups is 1. The molecule has 1 amide bonds. The van der Waals surface area contributed by atoms with Gasteiger partial charge in [-0.25, -0.2) is 0 Å². The monoisotopic (exact) mass is 292 g/mol. The fourth-order valence-corrected chi connectivity index (χ4v) is 2.43. The predicted molar refractivity (Wildman–Crippen MR) is 84.4 cm³/mol. The smallest absolute Gasteiger partial charge is 0.265 e. The van der Waals surface area contributed by atoms with Gasteiger partial charge in [-0.1, -0.05) is 13.8 Å². The molecule has 21 heavy (non-hydrogen) atoms. The summed E-state index contributed by atoms with van der Waals surface area (Å²) >= 11 is 0. The number of nitrogens with one attached hydrogen (secondary N) is 1. The Kier molecular flexibility index (Phi) is 7.24. The molecule has 1 fully saturated rings. The molecule has 5 heteroatoms. The molecule has 0 aromatic carbocycles. The van der Waals surface area contributed by atoms with Crippen LogP contribution < -0.4 is 5.32 Å². The van der Waals surface area contributed by atoms with E-state index in [1.807, 2.05) is 6.07 Å². The van der Waals surface area contributed by atoms with Gasteiger partial charge in [-0.05, 0) is 45.3 Å². The van der Waals surface area contributed by atoms with E-state index in [4.69, 9.17) is 0 Å². The maximum Gasteiger partial charge on any atom is 0.265 e. The van der Waals surface area contributed by atoms with Crippen molar-refractivity contribution in [3.05, 3.63) is 11.8 Å². The second kappa shape index (κ2) is 8.68. The lowest BCUT2D eigenvalue weighted by Crippen LogP contribution is -2.45. The van der Waals surface area contributed by atoms with Crippen molar-refractivity contribution in [3.8, 4) is 6.07 Å². The molecule has 0 aliphatic carbocycles. The highest BCUT2D eigenvalue weighted by Gasteiger charge is 2.25. The minimum Gasteiger partial charge on any atom is -0.390 e. The molecule has 0 unspecified atom stereocenters. The maximum absolute atomic E-state index is 12.4. The Morgan fingerprint density at radius 2 is 2.10 bits per heavy atom. The summed E-state index contributed by atoms with van der Waals surface area (Å²) in [5.41, 5.74) is 0.195. The molecule has 5 nitrogen and oxygen atoms in total. The molecule has 118 valence electrons. The summed E-state index contributed by atoms with van der Waals surface area (Å²) in [5, 5.41) is 12.3. The van der Waals surface area contributed by atoms with E-state index in [2.05, 4.69) is 31.1 Å². The number of nitriles is 1. The van der Waals surface area contributed by atoms with Crippen LogP contribution in [0.4, 0.5) is 0 Å². The summed E-state index contributed by atoms with van der Waals surface area (Å²) in [7, 11) is 3.90. The average molecular weight is 292 g/mol. The highest BCUT2D eigenvalue weighted by Crippen LogP contribution is 2.15. The van der Waals surface area contributed by atoms with Crippen LogP contribution in [0.3, 0.4) is 0 Å². The quantitative estimate of drug-likeness (QED) is 0.459. The number of amides is 1. The van der Waals surface area contributed by atoms with E-state index in [1.165, 1.54) is 0 Å². The van der Waals surface area contributed by atoms with Crippen LogP contribution >= 0.6 is 0 Å². The molecule has 0 radical (unpaired) electrons. The van der Waals surface area contributed by atoms with Crippen molar-refractivity contribution in [2.75, 3.05) is 33.7 Å². The summed E-state index contributed by atoms with van der Waals surface area (Å²) in [6.45, 7) is 7.08. The van der Waals surface area contributed by atoms with Gasteiger partial charge < -0.3 is 15.1 Å². The van der Waals surface area contributed by atoms with E-state index >= 15 is 0 Å². The first-order chi connectivity index (χ1) is 9.95. The van der Waals surface area contributed by atoms with Crippen LogP contribution in [-0.4, -0.2) is 55.5 Å². The van der Waals surface area contributed by atoms with Crippen molar-refractivity contribution in [2.24, 2.45) is 5.92 Å². The Morgan fingerprint density at radius 3 is 2.62 bits per heavy atom. The topological polar surface area (TPSA) is 59.4 Å². The molecule has 0 atom stereocenters. The van der Waals surface area contributed by atoms with E-state index in [9.17, 15) is 10.1 Å². The largest absolute Gasteiger partial charge is 0.390 e. The third-order valence-electron chi connectivity index (χ3n) is 4.02. The second-order valence-electron chi connectivity index (χ2n) is 6.26. The minimum absolute atomic E-state index is 0.177. The van der Waals surface area contributed by atoms with Gasteiger partial charge in [0, 0.05) is 25.8 Å². The Balaban J connectivity index is 2.53. The van der Waals surface area contributed by atoms with Gasteiger partial charge in [0.05, 0.1) is 0 Å². The fraction of sp³-hybridized carbons (Fsp3) is 0.750. The van der Waals surface area contributed by atoms with Crippen molar-refractivity contribution in [1.29, 1.82) is 5.26 Å². The zero-order valence-electron chi connectivity index (χ0n) is 13.7. The van der Waals surface area contributed by atoms with E-state index in [1.54, 1.807) is 18.1 Å². The van der Waals surface area contributed by atoms with Crippen LogP contribution in [0.15, 0.2) is 11.8 Å². The first-order valence-corrected chi connectivity index (χ1v) is 7.75. The molecule has 0 aromatic rings. The van der Waals surface area contributed by atoms with Crippen LogP contribution in [0.25, 0.3) is 0 Å². The maximum atomic E-state index is 12.4. The lowest BCUT2D eigenvalue weighted by molar-refractivity contribution is -0.128. The Bertz CT molecular complexity index is 403. The third-order valence-corrected chi connectivity index (χ3v) is 4.02. The van der Waals surface area contributed by atoms with Crippen LogP contribution in [0.5, 0.6) is 0 Å². The van der Waals surface area contributed by atoms with E-state index in [0.29, 0.717) is 5.92 Å². The highest BCUT2D eigenvalue weighted by molar-refractivity contribution is 5.97. The number of piperidine rings is 1. The molecule has 1 heterocycles. The fourth-order valence-electron chi connectivity index (χ4n) is 2.43. The zero-order valence-corrected chi connectivity index (χ0v) is 13.7. The number of likely N-dealkylation sites (tertiary alicyclic amines) is 1. The Morgan fingerprint density at radius 1 is 1.48 bits per heavy atom. The standard InChI is InChI=1S/C16H28N4O/c1-13(2)5-8-18-12-14(11-17)16(21)20(4)15-6-9-19(3)10-7-15/h12-13,15,18H,5-10H2,1-4H3/b14-12-. The summed E-state index contributed by atoms with van der Waals surface area (Å²) in [6.07, 6.45) is 4.53. The summed E-state index contributed by atoms with van der Waals surface area (Å²) < 4.78 is 0. The van der Waals surface area contributed by atoms with Gasteiger partial charge in [-0.15, -0.1) is 0 Å². The number of hydrogen-bond acceptors (Lipinski definition) is 4. The van der Waals surface area contributed by atoms with Crippen molar-refractivity contribution in [1.82, 2.24) is 15.1 Å². The lowest BCUT2D eigenvalue weighted by atomic mass is 10.0. The Labute approximate surface area is 128 Å². The molecule has 1 rings (SSSR count). The van der Waals surface area contributed by atoms with Gasteiger partial charge in [-0.2, -0.15) is 5.26 Å². The van der Waals surface area contributed by atoms with Gasteiger partial charge in [-0.3, -0.25) is 4.79 Å². The van der Waals surface area contributed by atoms with Crippen molar-refractivity contribution in [3.63, 3.8) is 0 Å². The summed E-state index contributed by atoms with van der Waals surface area (Å²) in [4.78, 5) is 16.4. The first-order valence-electron chi connectivity index (χ1n) is 7.75. The number of likely N-dealkylation sites (N-methyl/N-ethyl adjacent to an activating group) is 1. The highest BCUT2D eigenvalue weighted by atomic mass is 16.2. The van der Waals surface area contributed by atoms with Gasteiger partial charge in [0.1, 0.15) is 11.6 Å². The number of nitrogens with zero attached hydrogens (tertiary/aromatic N) is 3. The van der Waals surface area contributed by atoms with E-state index in [0.717, 1.165) is 38.9 Å². The molecule has 1 saturated heterocycles. The number of hydrogen-bond donors (Lipinski definition) is 1. The van der Waals surface area contributed by atoms with E-state index in [-0.39, 0.29) is 17.5 Å². The lowest BCUT2D eigenvalue weighted by Gasteiger charge is -2.35. The Hall–Kier alpha value is -1.54. The molecule has 0 aromatic heterocycles. The number of rotatable bonds is 6. The molecule has 1 aliphatic rings. The van der Waals surface area contributed by atoms with Crippen molar-refractivity contribution in [2.45, 2.75) is 39.2 Å². The first kappa shape index (κ1) is 17.5. The normalized spacial score (nSPS) is 17.6. The third kappa shape index (κ3) is 5.76. The van der Waals surface area contributed by atoms with Crippen molar-refractivity contribution < 1.29 is 4.79 Å². The summed E-state index contributed by atoms with van der Waals surface area (Å²) in [5.74, 6) is 0.429. The minimum atomic E-state index is -0.177. The van der Waals surface area contributed by atoms with Crippen LogP contribution in [0.1, 0.15) is 33.1 Å². The van der Waals surface area contributed by atoms with Gasteiger partial charge in [0.2, 0.25) is 0 Å². The van der Waals surface area contributed by atoms with E-state index < -0.39 is 0 Å². The zero-order chi connectivity index (χ0) is 15.8. The van der Waals surface area contributed by atoms with Crippen LogP contribution in [0, 0.1) is 17.2 Å². The SMILES string of the molecule is CC(C)CCN/C=C(/C#N)C(=O)N(C)C1CCN(C)CC1. The average Bonchev–Trinajstić information content (AvgIpc) is 2.46.